The SMILES string of the molecule is Cc1cc(NC(=O)CN2CCCCC2CCO)n(C(C)(C)C)n1. The number of piperidine rings is 1. The second-order valence-corrected chi connectivity index (χ2v) is 7.43. The third kappa shape index (κ3) is 4.78. The molecular weight excluding hydrogens is 292 g/mol. The number of aromatic nitrogens is 2. The summed E-state index contributed by atoms with van der Waals surface area (Å²) in [4.78, 5) is 14.7. The maximum atomic E-state index is 12.5. The molecule has 1 fully saturated rings. The summed E-state index contributed by atoms with van der Waals surface area (Å²) in [6, 6.07) is 2.22. The molecule has 1 unspecified atom stereocenters. The number of nitrogens with zero attached hydrogens (tertiary/aromatic N) is 3. The number of hydrogen-bond acceptors (Lipinski definition) is 4. The van der Waals surface area contributed by atoms with Gasteiger partial charge in [0.05, 0.1) is 17.8 Å². The lowest BCUT2D eigenvalue weighted by molar-refractivity contribution is -0.118. The number of carbonyl (C=O) groups is 1. The Morgan fingerprint density at radius 1 is 1.43 bits per heavy atom. The Labute approximate surface area is 138 Å². The molecule has 1 atom stereocenters. The van der Waals surface area contributed by atoms with E-state index in [4.69, 9.17) is 0 Å². The first-order chi connectivity index (χ1) is 10.8. The second-order valence-electron chi connectivity index (χ2n) is 7.43. The molecule has 1 aromatic heterocycles. The summed E-state index contributed by atoms with van der Waals surface area (Å²) >= 11 is 0. The molecule has 0 bridgehead atoms. The molecule has 1 saturated heterocycles. The molecule has 1 aliphatic heterocycles. The zero-order valence-corrected chi connectivity index (χ0v) is 14.8. The molecule has 2 heterocycles. The van der Waals surface area contributed by atoms with Crippen molar-refractivity contribution in [2.45, 2.75) is 65.0 Å². The summed E-state index contributed by atoms with van der Waals surface area (Å²) in [5.41, 5.74) is 0.716. The maximum absolute atomic E-state index is 12.5. The van der Waals surface area contributed by atoms with Gasteiger partial charge in [-0.15, -0.1) is 0 Å². The van der Waals surface area contributed by atoms with Crippen molar-refractivity contribution in [1.29, 1.82) is 0 Å². The summed E-state index contributed by atoms with van der Waals surface area (Å²) in [7, 11) is 0. The fourth-order valence-corrected chi connectivity index (χ4v) is 3.21. The summed E-state index contributed by atoms with van der Waals surface area (Å²) in [5.74, 6) is 0.732. The van der Waals surface area contributed by atoms with Crippen LogP contribution in [0.5, 0.6) is 0 Å². The van der Waals surface area contributed by atoms with Gasteiger partial charge in [-0.2, -0.15) is 5.10 Å². The molecule has 1 aromatic rings. The Hall–Kier alpha value is -1.40. The Morgan fingerprint density at radius 2 is 2.17 bits per heavy atom. The highest BCUT2D eigenvalue weighted by molar-refractivity contribution is 5.91. The van der Waals surface area contributed by atoms with E-state index in [-0.39, 0.29) is 18.1 Å². The van der Waals surface area contributed by atoms with E-state index < -0.39 is 0 Å². The highest BCUT2D eigenvalue weighted by Gasteiger charge is 2.25. The smallest absolute Gasteiger partial charge is 0.239 e. The van der Waals surface area contributed by atoms with Crippen molar-refractivity contribution in [2.75, 3.05) is 25.0 Å². The van der Waals surface area contributed by atoms with Gasteiger partial charge >= 0.3 is 0 Å². The Bertz CT molecular complexity index is 531. The van der Waals surface area contributed by atoms with Crippen molar-refractivity contribution >= 4 is 11.7 Å². The van der Waals surface area contributed by atoms with Gasteiger partial charge in [-0.1, -0.05) is 6.42 Å². The van der Waals surface area contributed by atoms with Gasteiger partial charge in [-0.3, -0.25) is 9.69 Å². The van der Waals surface area contributed by atoms with E-state index in [0.717, 1.165) is 37.3 Å². The average Bonchev–Trinajstić information content (AvgIpc) is 2.82. The fraction of sp³-hybridized carbons (Fsp3) is 0.765. The number of rotatable bonds is 5. The van der Waals surface area contributed by atoms with Crippen molar-refractivity contribution in [2.24, 2.45) is 0 Å². The van der Waals surface area contributed by atoms with Crippen LogP contribution in [-0.2, 0) is 10.3 Å². The Balaban J connectivity index is 2.02. The molecule has 2 rings (SSSR count). The van der Waals surface area contributed by atoms with Gasteiger partial charge in [0.1, 0.15) is 5.82 Å². The van der Waals surface area contributed by atoms with E-state index in [1.54, 1.807) is 0 Å². The van der Waals surface area contributed by atoms with Crippen LogP contribution in [0.3, 0.4) is 0 Å². The van der Waals surface area contributed by atoms with E-state index >= 15 is 0 Å². The Kier molecular flexibility index (Phi) is 5.81. The lowest BCUT2D eigenvalue weighted by Crippen LogP contribution is -2.44. The summed E-state index contributed by atoms with van der Waals surface area (Å²) in [6.07, 6.45) is 4.10. The largest absolute Gasteiger partial charge is 0.396 e. The fourth-order valence-electron chi connectivity index (χ4n) is 3.21. The molecule has 6 heteroatoms. The predicted molar refractivity (Wildman–Crippen MR) is 91.5 cm³/mol. The quantitative estimate of drug-likeness (QED) is 0.871. The molecule has 0 radical (unpaired) electrons. The van der Waals surface area contributed by atoms with Gasteiger partial charge in [-0.05, 0) is 53.5 Å². The standard InChI is InChI=1S/C17H30N4O2/c1-13-11-15(21(19-13)17(2,3)4)18-16(23)12-20-9-6-5-7-14(20)8-10-22/h11,14,22H,5-10,12H2,1-4H3,(H,18,23). The first-order valence-electron chi connectivity index (χ1n) is 8.53. The van der Waals surface area contributed by atoms with Crippen LogP contribution in [0.15, 0.2) is 6.07 Å². The van der Waals surface area contributed by atoms with Gasteiger partial charge in [-0.25, -0.2) is 4.68 Å². The molecule has 23 heavy (non-hydrogen) atoms. The van der Waals surface area contributed by atoms with Crippen molar-refractivity contribution in [3.63, 3.8) is 0 Å². The van der Waals surface area contributed by atoms with Crippen LogP contribution in [0, 0.1) is 6.92 Å². The molecule has 0 spiro atoms. The van der Waals surface area contributed by atoms with Gasteiger partial charge in [0, 0.05) is 18.7 Å². The molecule has 0 aromatic carbocycles. The van der Waals surface area contributed by atoms with E-state index in [1.165, 1.54) is 6.42 Å². The van der Waals surface area contributed by atoms with Crippen molar-refractivity contribution in [3.8, 4) is 0 Å². The van der Waals surface area contributed by atoms with Gasteiger partial charge < -0.3 is 10.4 Å². The van der Waals surface area contributed by atoms with Crippen LogP contribution >= 0.6 is 0 Å². The zero-order chi connectivity index (χ0) is 17.0. The molecule has 1 aliphatic rings. The van der Waals surface area contributed by atoms with Gasteiger partial charge in [0.2, 0.25) is 5.91 Å². The lowest BCUT2D eigenvalue weighted by atomic mass is 10.00. The first kappa shape index (κ1) is 17.9. The normalized spacial score (nSPS) is 19.8. The van der Waals surface area contributed by atoms with Crippen LogP contribution in [0.4, 0.5) is 5.82 Å². The maximum Gasteiger partial charge on any atom is 0.239 e. The molecule has 2 N–H and O–H groups in total. The van der Waals surface area contributed by atoms with E-state index in [0.29, 0.717) is 12.6 Å². The highest BCUT2D eigenvalue weighted by atomic mass is 16.3. The number of aliphatic hydroxyl groups is 1. The number of carbonyl (C=O) groups excluding carboxylic acids is 1. The number of likely N-dealkylation sites (tertiary alicyclic amines) is 1. The van der Waals surface area contributed by atoms with Crippen molar-refractivity contribution in [3.05, 3.63) is 11.8 Å². The first-order valence-corrected chi connectivity index (χ1v) is 8.53. The minimum Gasteiger partial charge on any atom is -0.396 e. The molecule has 0 saturated carbocycles. The second kappa shape index (κ2) is 7.45. The highest BCUT2D eigenvalue weighted by Crippen LogP contribution is 2.22. The third-order valence-electron chi connectivity index (χ3n) is 4.29. The zero-order valence-electron chi connectivity index (χ0n) is 14.8. The van der Waals surface area contributed by atoms with Crippen LogP contribution in [0.25, 0.3) is 0 Å². The molecule has 1 amide bonds. The molecule has 0 aliphatic carbocycles. The summed E-state index contributed by atoms with van der Waals surface area (Å²) < 4.78 is 1.86. The Morgan fingerprint density at radius 3 is 2.83 bits per heavy atom. The summed E-state index contributed by atoms with van der Waals surface area (Å²) in [5, 5.41) is 16.7. The minimum absolute atomic E-state index is 0.0137. The third-order valence-corrected chi connectivity index (χ3v) is 4.29. The molecule has 130 valence electrons. The lowest BCUT2D eigenvalue weighted by Gasteiger charge is -2.35. The summed E-state index contributed by atoms with van der Waals surface area (Å²) in [6.45, 7) is 9.61. The topological polar surface area (TPSA) is 70.4 Å². The van der Waals surface area contributed by atoms with E-state index in [2.05, 4.69) is 36.1 Å². The van der Waals surface area contributed by atoms with Crippen molar-refractivity contribution < 1.29 is 9.90 Å². The van der Waals surface area contributed by atoms with Gasteiger partial charge in [0.15, 0.2) is 0 Å². The molecule has 6 nitrogen and oxygen atoms in total. The average molecular weight is 322 g/mol. The monoisotopic (exact) mass is 322 g/mol. The number of hydrogen-bond donors (Lipinski definition) is 2. The van der Waals surface area contributed by atoms with Gasteiger partial charge in [0.25, 0.3) is 0 Å². The van der Waals surface area contributed by atoms with Crippen LogP contribution < -0.4 is 5.32 Å². The minimum atomic E-state index is -0.179. The molecular formula is C17H30N4O2. The van der Waals surface area contributed by atoms with E-state index in [9.17, 15) is 9.90 Å². The number of nitrogens with one attached hydrogen (secondary N) is 1. The van der Waals surface area contributed by atoms with Crippen molar-refractivity contribution in [1.82, 2.24) is 14.7 Å². The number of aliphatic hydroxyl groups excluding tert-OH is 1. The van der Waals surface area contributed by atoms with E-state index in [1.807, 2.05) is 17.7 Å². The van der Waals surface area contributed by atoms with Crippen LogP contribution in [-0.4, -0.2) is 51.4 Å². The predicted octanol–water partition coefficient (Wildman–Crippen LogP) is 2.12. The number of amides is 1. The number of aryl methyl sites for hydroxylation is 1. The number of anilines is 1. The van der Waals surface area contributed by atoms with Crippen LogP contribution in [0.1, 0.15) is 52.1 Å². The van der Waals surface area contributed by atoms with Crippen LogP contribution in [0.2, 0.25) is 0 Å².